The molecule has 0 unspecified atom stereocenters. The van der Waals surface area contributed by atoms with Crippen LogP contribution in [-0.2, 0) is 4.74 Å². The summed E-state index contributed by atoms with van der Waals surface area (Å²) in [5, 5.41) is 12.9. The first-order valence-electron chi connectivity index (χ1n) is 7.10. The molecule has 0 atom stereocenters. The Balaban J connectivity index is 1.48. The van der Waals surface area contributed by atoms with Gasteiger partial charge in [0.1, 0.15) is 5.75 Å². The molecule has 0 N–H and O–H groups in total. The maximum absolute atomic E-state index is 5.67. The van der Waals surface area contributed by atoms with Crippen molar-refractivity contribution in [2.45, 2.75) is 24.0 Å². The number of ether oxygens (including phenoxy) is 2. The molecule has 0 radical (unpaired) electrons. The molecule has 1 aliphatic rings. The second-order valence-corrected chi connectivity index (χ2v) is 5.82. The fraction of sp³-hybridized carbons (Fsp3) is 0.500. The number of hydrogen-bond acceptors (Lipinski definition) is 6. The molecule has 1 fully saturated rings. The molecule has 2 aromatic rings. The van der Waals surface area contributed by atoms with Crippen LogP contribution in [0, 0.1) is 0 Å². The average molecular weight is 306 g/mol. The lowest BCUT2D eigenvalue weighted by molar-refractivity contribution is 0.0631. The highest BCUT2D eigenvalue weighted by Crippen LogP contribution is 2.24. The van der Waals surface area contributed by atoms with Crippen molar-refractivity contribution in [3.8, 4) is 5.75 Å². The maximum atomic E-state index is 5.67. The first-order chi connectivity index (χ1) is 10.4. The van der Waals surface area contributed by atoms with Gasteiger partial charge in [-0.2, -0.15) is 0 Å². The summed E-state index contributed by atoms with van der Waals surface area (Å²) in [5.74, 6) is 1.71. The van der Waals surface area contributed by atoms with Gasteiger partial charge in [-0.25, -0.2) is 4.68 Å². The first-order valence-corrected chi connectivity index (χ1v) is 8.08. The number of thioether (sulfide) groups is 1. The van der Waals surface area contributed by atoms with E-state index in [1.807, 2.05) is 35.0 Å². The number of aromatic nitrogens is 4. The number of benzene rings is 1. The SMILES string of the molecule is c1ccc(OCCSc2nnnn2C2CCOCC2)cc1. The zero-order valence-corrected chi connectivity index (χ0v) is 12.5. The molecule has 1 aromatic carbocycles. The van der Waals surface area contributed by atoms with Crippen LogP contribution in [0.5, 0.6) is 5.75 Å². The molecule has 0 amide bonds. The Morgan fingerprint density at radius 1 is 1.24 bits per heavy atom. The van der Waals surface area contributed by atoms with Crippen LogP contribution >= 0.6 is 11.8 Å². The minimum Gasteiger partial charge on any atom is -0.493 e. The topological polar surface area (TPSA) is 62.1 Å². The molecule has 7 heteroatoms. The number of nitrogens with zero attached hydrogens (tertiary/aromatic N) is 4. The molecule has 0 aliphatic carbocycles. The summed E-state index contributed by atoms with van der Waals surface area (Å²) >= 11 is 1.63. The molecule has 0 spiro atoms. The van der Waals surface area contributed by atoms with Crippen LogP contribution in [0.15, 0.2) is 35.5 Å². The van der Waals surface area contributed by atoms with Crippen molar-refractivity contribution in [1.29, 1.82) is 0 Å². The van der Waals surface area contributed by atoms with Crippen molar-refractivity contribution in [1.82, 2.24) is 20.2 Å². The van der Waals surface area contributed by atoms with Crippen molar-refractivity contribution in [2.24, 2.45) is 0 Å². The van der Waals surface area contributed by atoms with Gasteiger partial charge >= 0.3 is 0 Å². The zero-order chi connectivity index (χ0) is 14.3. The third kappa shape index (κ3) is 3.95. The predicted molar refractivity (Wildman–Crippen MR) is 79.6 cm³/mol. The van der Waals surface area contributed by atoms with Crippen LogP contribution in [0.1, 0.15) is 18.9 Å². The van der Waals surface area contributed by atoms with Gasteiger partial charge in [-0.05, 0) is 35.4 Å². The standard InChI is InChI=1S/C14H18N4O2S/c1-2-4-13(5-3-1)20-10-11-21-14-15-16-17-18(14)12-6-8-19-9-7-12/h1-5,12H,6-11H2. The van der Waals surface area contributed by atoms with Crippen LogP contribution in [0.3, 0.4) is 0 Å². The van der Waals surface area contributed by atoms with E-state index in [2.05, 4.69) is 15.5 Å². The lowest BCUT2D eigenvalue weighted by atomic mass is 10.1. The number of hydrogen-bond donors (Lipinski definition) is 0. The summed E-state index contributed by atoms with van der Waals surface area (Å²) in [6, 6.07) is 10.2. The third-order valence-corrected chi connectivity index (χ3v) is 4.22. The Morgan fingerprint density at radius 2 is 2.05 bits per heavy atom. The second kappa shape index (κ2) is 7.42. The fourth-order valence-corrected chi connectivity index (χ4v) is 3.01. The van der Waals surface area contributed by atoms with Gasteiger partial charge in [0.15, 0.2) is 0 Å². The van der Waals surface area contributed by atoms with E-state index in [9.17, 15) is 0 Å². The molecule has 2 heterocycles. The van der Waals surface area contributed by atoms with E-state index in [-0.39, 0.29) is 0 Å². The second-order valence-electron chi connectivity index (χ2n) is 4.76. The molecule has 1 aliphatic heterocycles. The van der Waals surface area contributed by atoms with E-state index in [0.29, 0.717) is 12.6 Å². The summed E-state index contributed by atoms with van der Waals surface area (Å²) in [7, 11) is 0. The van der Waals surface area contributed by atoms with E-state index in [1.54, 1.807) is 11.8 Å². The smallest absolute Gasteiger partial charge is 0.209 e. The summed E-state index contributed by atoms with van der Waals surface area (Å²) in [6.07, 6.45) is 1.94. The minimum absolute atomic E-state index is 0.353. The zero-order valence-electron chi connectivity index (χ0n) is 11.7. The fourth-order valence-electron chi connectivity index (χ4n) is 2.25. The van der Waals surface area contributed by atoms with Crippen molar-refractivity contribution in [3.05, 3.63) is 30.3 Å². The summed E-state index contributed by atoms with van der Waals surface area (Å²) in [5.41, 5.74) is 0. The minimum atomic E-state index is 0.353. The maximum Gasteiger partial charge on any atom is 0.209 e. The van der Waals surface area contributed by atoms with Crippen molar-refractivity contribution < 1.29 is 9.47 Å². The van der Waals surface area contributed by atoms with Gasteiger partial charge in [-0.3, -0.25) is 0 Å². The Kier molecular flexibility index (Phi) is 5.07. The van der Waals surface area contributed by atoms with Crippen molar-refractivity contribution in [3.63, 3.8) is 0 Å². The lowest BCUT2D eigenvalue weighted by Gasteiger charge is -2.22. The molecule has 1 aromatic heterocycles. The summed E-state index contributed by atoms with van der Waals surface area (Å²) < 4.78 is 13.0. The van der Waals surface area contributed by atoms with Gasteiger partial charge in [0.2, 0.25) is 5.16 Å². The van der Waals surface area contributed by atoms with Crippen LogP contribution in [0.4, 0.5) is 0 Å². The number of para-hydroxylation sites is 1. The average Bonchev–Trinajstić information content (AvgIpc) is 3.02. The highest BCUT2D eigenvalue weighted by atomic mass is 32.2. The molecule has 0 saturated carbocycles. The quantitative estimate of drug-likeness (QED) is 0.602. The van der Waals surface area contributed by atoms with E-state index in [4.69, 9.17) is 9.47 Å². The van der Waals surface area contributed by atoms with Gasteiger partial charge in [0.25, 0.3) is 0 Å². The Morgan fingerprint density at radius 3 is 2.86 bits per heavy atom. The number of rotatable bonds is 6. The highest BCUT2D eigenvalue weighted by Gasteiger charge is 2.20. The van der Waals surface area contributed by atoms with E-state index in [1.165, 1.54) is 0 Å². The van der Waals surface area contributed by atoms with Crippen molar-refractivity contribution in [2.75, 3.05) is 25.6 Å². The monoisotopic (exact) mass is 306 g/mol. The lowest BCUT2D eigenvalue weighted by Crippen LogP contribution is -2.21. The molecular weight excluding hydrogens is 288 g/mol. The first kappa shape index (κ1) is 14.3. The van der Waals surface area contributed by atoms with Crippen LogP contribution in [0.25, 0.3) is 0 Å². The molecule has 0 bridgehead atoms. The number of tetrazole rings is 1. The van der Waals surface area contributed by atoms with E-state index < -0.39 is 0 Å². The third-order valence-electron chi connectivity index (χ3n) is 3.33. The Bertz CT molecular complexity index is 543. The molecule has 6 nitrogen and oxygen atoms in total. The van der Waals surface area contributed by atoms with Crippen LogP contribution in [0.2, 0.25) is 0 Å². The van der Waals surface area contributed by atoms with Gasteiger partial charge < -0.3 is 9.47 Å². The van der Waals surface area contributed by atoms with Gasteiger partial charge in [0, 0.05) is 19.0 Å². The van der Waals surface area contributed by atoms with E-state index in [0.717, 1.165) is 42.7 Å². The normalized spacial score (nSPS) is 16.0. The van der Waals surface area contributed by atoms with Gasteiger partial charge in [-0.1, -0.05) is 30.0 Å². The largest absolute Gasteiger partial charge is 0.493 e. The van der Waals surface area contributed by atoms with Gasteiger partial charge in [0.05, 0.1) is 12.6 Å². The molecule has 112 valence electrons. The molecule has 21 heavy (non-hydrogen) atoms. The predicted octanol–water partition coefficient (Wildman–Crippen LogP) is 2.20. The summed E-state index contributed by atoms with van der Waals surface area (Å²) in [4.78, 5) is 0. The van der Waals surface area contributed by atoms with E-state index >= 15 is 0 Å². The van der Waals surface area contributed by atoms with Crippen LogP contribution in [-0.4, -0.2) is 45.8 Å². The molecule has 1 saturated heterocycles. The van der Waals surface area contributed by atoms with Crippen LogP contribution < -0.4 is 4.74 Å². The highest BCUT2D eigenvalue weighted by molar-refractivity contribution is 7.99. The molecular formula is C14H18N4O2S. The summed E-state index contributed by atoms with van der Waals surface area (Å²) in [6.45, 7) is 2.20. The Labute approximate surface area is 127 Å². The van der Waals surface area contributed by atoms with Crippen molar-refractivity contribution >= 4 is 11.8 Å². The Hall–Kier alpha value is -1.60. The van der Waals surface area contributed by atoms with Gasteiger partial charge in [-0.15, -0.1) is 5.10 Å². The molecule has 3 rings (SSSR count).